The van der Waals surface area contributed by atoms with Gasteiger partial charge in [0.05, 0.1) is 12.8 Å². The molecular weight excluding hydrogens is 566 g/mol. The van der Waals surface area contributed by atoms with E-state index in [1.807, 2.05) is 0 Å². The van der Waals surface area contributed by atoms with Crippen LogP contribution < -0.4 is 0 Å². The highest BCUT2D eigenvalue weighted by molar-refractivity contribution is 6.34. The maximum Gasteiger partial charge on any atom is 0.435 e. The van der Waals surface area contributed by atoms with E-state index in [0.717, 1.165) is 24.3 Å². The Bertz CT molecular complexity index is 1350. The van der Waals surface area contributed by atoms with Gasteiger partial charge in [-0.2, -0.15) is 13.2 Å². The van der Waals surface area contributed by atoms with Crippen molar-refractivity contribution in [3.8, 4) is 0 Å². The Kier molecular flexibility index (Phi) is 7.84. The van der Waals surface area contributed by atoms with Crippen LogP contribution in [0.15, 0.2) is 41.6 Å². The van der Waals surface area contributed by atoms with Crippen LogP contribution in [0.25, 0.3) is 0 Å². The molecule has 0 N–H and O–H groups in total. The van der Waals surface area contributed by atoms with Crippen LogP contribution in [0.4, 0.5) is 18.0 Å². The number of carbonyl (C=O) groups excluding carboxylic acids is 3. The summed E-state index contributed by atoms with van der Waals surface area (Å²) in [5.41, 5.74) is -2.58. The molecule has 1 unspecified atom stereocenters. The molecular formula is C25H22Cl2F3N3O6. The second-order valence-electron chi connectivity index (χ2n) is 8.81. The highest BCUT2D eigenvalue weighted by atomic mass is 35.5. The molecule has 2 aromatic carbocycles. The third-order valence-corrected chi connectivity index (χ3v) is 6.85. The number of halogens is 5. The Labute approximate surface area is 230 Å². The molecule has 2 aromatic rings. The number of alkyl halides is 3. The normalized spacial score (nSPS) is 21.0. The van der Waals surface area contributed by atoms with Crippen molar-refractivity contribution < 1.29 is 42.0 Å². The molecule has 0 radical (unpaired) electrons. The number of likely N-dealkylation sites (N-methyl/N-ethyl adjacent to an activating group) is 1. The summed E-state index contributed by atoms with van der Waals surface area (Å²) in [5.74, 6) is -1.43. The monoisotopic (exact) mass is 587 g/mol. The number of nitrogens with zero attached hydrogens (tertiary/aromatic N) is 3. The van der Waals surface area contributed by atoms with Gasteiger partial charge in [0.2, 0.25) is 0 Å². The number of hydrogen-bond acceptors (Lipinski definition) is 7. The fourth-order valence-corrected chi connectivity index (χ4v) is 4.93. The van der Waals surface area contributed by atoms with Crippen LogP contribution in [0, 0.1) is 6.92 Å². The third-order valence-electron chi connectivity index (χ3n) is 6.41. The first-order valence-corrected chi connectivity index (χ1v) is 12.3. The number of hydrogen-bond donors (Lipinski definition) is 0. The zero-order chi connectivity index (χ0) is 28.7. The quantitative estimate of drug-likeness (QED) is 0.473. The summed E-state index contributed by atoms with van der Waals surface area (Å²) in [6.07, 6.45) is -6.62. The summed E-state index contributed by atoms with van der Waals surface area (Å²) in [5, 5.41) is 4.75. The first kappa shape index (κ1) is 28.7. The average molecular weight is 588 g/mol. The fourth-order valence-electron chi connectivity index (χ4n) is 4.40. The first-order chi connectivity index (χ1) is 18.3. The Morgan fingerprint density at radius 1 is 1.21 bits per heavy atom. The molecule has 14 heteroatoms. The molecule has 4 rings (SSSR count). The molecule has 39 heavy (non-hydrogen) atoms. The predicted molar refractivity (Wildman–Crippen MR) is 133 cm³/mol. The number of benzene rings is 2. The lowest BCUT2D eigenvalue weighted by atomic mass is 9.86. The Morgan fingerprint density at radius 2 is 1.87 bits per heavy atom. The number of hydroxylamine groups is 2. The lowest BCUT2D eigenvalue weighted by Crippen LogP contribution is -2.50. The second kappa shape index (κ2) is 10.7. The van der Waals surface area contributed by atoms with Gasteiger partial charge in [0, 0.05) is 34.1 Å². The minimum atomic E-state index is -4.87. The van der Waals surface area contributed by atoms with Gasteiger partial charge in [-0.3, -0.25) is 14.4 Å². The van der Waals surface area contributed by atoms with Gasteiger partial charge in [0.15, 0.2) is 6.04 Å². The zero-order valence-electron chi connectivity index (χ0n) is 20.8. The van der Waals surface area contributed by atoms with Gasteiger partial charge in [-0.25, -0.2) is 14.8 Å². The van der Waals surface area contributed by atoms with E-state index in [9.17, 15) is 27.6 Å². The van der Waals surface area contributed by atoms with Gasteiger partial charge in [-0.1, -0.05) is 34.4 Å². The van der Waals surface area contributed by atoms with Crippen LogP contribution in [0.3, 0.4) is 0 Å². The van der Waals surface area contributed by atoms with Crippen LogP contribution in [-0.2, 0) is 24.8 Å². The topological polar surface area (TPSA) is 97.7 Å². The summed E-state index contributed by atoms with van der Waals surface area (Å²) < 4.78 is 47.7. The molecule has 0 aliphatic carbocycles. The van der Waals surface area contributed by atoms with Gasteiger partial charge in [-0.15, -0.1) is 0 Å². The van der Waals surface area contributed by atoms with Gasteiger partial charge in [-0.05, 0) is 55.3 Å². The number of amides is 3. The minimum absolute atomic E-state index is 0.000228. The minimum Gasteiger partial charge on any atom is -0.452 e. The van der Waals surface area contributed by atoms with Crippen molar-refractivity contribution in [1.29, 1.82) is 0 Å². The van der Waals surface area contributed by atoms with Crippen molar-refractivity contribution in [2.24, 2.45) is 5.16 Å². The molecule has 0 bridgehead atoms. The average Bonchev–Trinajstić information content (AvgIpc) is 3.48. The molecule has 2 aliphatic heterocycles. The van der Waals surface area contributed by atoms with Crippen molar-refractivity contribution >= 4 is 46.8 Å². The summed E-state index contributed by atoms with van der Waals surface area (Å²) in [6, 6.07) is 6.42. The van der Waals surface area contributed by atoms with Gasteiger partial charge in [0.1, 0.15) is 6.61 Å². The van der Waals surface area contributed by atoms with Crippen LogP contribution in [0.5, 0.6) is 0 Å². The lowest BCUT2D eigenvalue weighted by molar-refractivity contribution is -0.275. The Hall–Kier alpha value is -3.35. The zero-order valence-corrected chi connectivity index (χ0v) is 22.4. The molecule has 2 heterocycles. The smallest absolute Gasteiger partial charge is 0.435 e. The molecule has 0 aromatic heterocycles. The molecule has 2 atom stereocenters. The van der Waals surface area contributed by atoms with Crippen molar-refractivity contribution in [2.75, 3.05) is 20.3 Å². The molecule has 9 nitrogen and oxygen atoms in total. The Balaban J connectivity index is 1.64. The number of aryl methyl sites for hydroxylation is 1. The molecule has 1 fully saturated rings. The summed E-state index contributed by atoms with van der Waals surface area (Å²) in [6.45, 7) is 3.15. The van der Waals surface area contributed by atoms with E-state index in [2.05, 4.69) is 5.16 Å². The molecule has 0 saturated carbocycles. The van der Waals surface area contributed by atoms with E-state index in [4.69, 9.17) is 37.6 Å². The SMILES string of the molecule is CCN1OC[C@@H](N(C(=O)OC)C(=O)c2ccc(C3=NOC(c4cc(Cl)cc(Cl)c4)(C(F)(F)F)C3)cc2C)C1=O. The first-order valence-electron chi connectivity index (χ1n) is 11.6. The molecule has 3 amide bonds. The number of rotatable bonds is 5. The number of carbonyl (C=O) groups is 3. The van der Waals surface area contributed by atoms with Gasteiger partial charge >= 0.3 is 12.3 Å². The number of oxime groups is 1. The third kappa shape index (κ3) is 5.15. The molecule has 0 spiro atoms. The van der Waals surface area contributed by atoms with E-state index in [1.165, 1.54) is 31.2 Å². The maximum atomic E-state index is 14.3. The van der Waals surface area contributed by atoms with Crippen LogP contribution >= 0.6 is 23.2 Å². The second-order valence-corrected chi connectivity index (χ2v) is 9.68. The molecule has 1 saturated heterocycles. The van der Waals surface area contributed by atoms with Gasteiger partial charge in [0.25, 0.3) is 17.4 Å². The lowest BCUT2D eigenvalue weighted by Gasteiger charge is -2.29. The van der Waals surface area contributed by atoms with E-state index < -0.39 is 42.1 Å². The van der Waals surface area contributed by atoms with Gasteiger partial charge < -0.3 is 9.57 Å². The standard InChI is InChI=1S/C25H22Cl2F3N3O6/c1-4-32-22(35)20(12-38-32)33(23(36)37-3)21(34)18-6-5-14(7-13(18)2)19-11-24(39-31-19,25(28,29)30)15-8-16(26)10-17(27)9-15/h5-10,20H,4,11-12H2,1-3H3/t20-,24?/m1/s1. The molecule has 2 aliphatic rings. The largest absolute Gasteiger partial charge is 0.452 e. The van der Waals surface area contributed by atoms with Crippen molar-refractivity contribution in [2.45, 2.75) is 38.1 Å². The van der Waals surface area contributed by atoms with E-state index in [1.54, 1.807) is 6.92 Å². The summed E-state index contributed by atoms with van der Waals surface area (Å²) in [4.78, 5) is 49.4. The summed E-state index contributed by atoms with van der Waals surface area (Å²) >= 11 is 11.9. The van der Waals surface area contributed by atoms with Crippen LogP contribution in [-0.4, -0.2) is 66.1 Å². The predicted octanol–water partition coefficient (Wildman–Crippen LogP) is 5.25. The van der Waals surface area contributed by atoms with Crippen LogP contribution in [0.2, 0.25) is 10.0 Å². The number of ether oxygens (including phenoxy) is 1. The van der Waals surface area contributed by atoms with E-state index in [-0.39, 0.29) is 45.6 Å². The highest BCUT2D eigenvalue weighted by Gasteiger charge is 2.62. The van der Waals surface area contributed by atoms with E-state index >= 15 is 0 Å². The molecule has 208 valence electrons. The van der Waals surface area contributed by atoms with E-state index in [0.29, 0.717) is 10.5 Å². The number of methoxy groups -OCH3 is 1. The maximum absolute atomic E-state index is 14.3. The number of imide groups is 1. The van der Waals surface area contributed by atoms with Crippen molar-refractivity contribution in [1.82, 2.24) is 9.96 Å². The van der Waals surface area contributed by atoms with Crippen LogP contribution in [0.1, 0.15) is 40.4 Å². The highest BCUT2D eigenvalue weighted by Crippen LogP contribution is 2.49. The fraction of sp³-hybridized carbons (Fsp3) is 0.360. The van der Waals surface area contributed by atoms with Crippen molar-refractivity contribution in [3.63, 3.8) is 0 Å². The summed E-state index contributed by atoms with van der Waals surface area (Å²) in [7, 11) is 1.06. The Morgan fingerprint density at radius 3 is 2.41 bits per heavy atom. The van der Waals surface area contributed by atoms with Crippen molar-refractivity contribution in [3.05, 3.63) is 68.7 Å².